The number of nitrogens with zero attached hydrogens (tertiary/aromatic N) is 2. The van der Waals surface area contributed by atoms with Crippen LogP contribution < -0.4 is 5.73 Å². The Kier molecular flexibility index (Phi) is 4.48. The van der Waals surface area contributed by atoms with Gasteiger partial charge in [-0.2, -0.15) is 4.98 Å². The van der Waals surface area contributed by atoms with E-state index in [1.807, 2.05) is 51.1 Å². The molecule has 0 aliphatic rings. The van der Waals surface area contributed by atoms with E-state index in [0.29, 0.717) is 11.7 Å². The van der Waals surface area contributed by atoms with E-state index in [2.05, 4.69) is 10.1 Å². The molecule has 0 radical (unpaired) electrons. The van der Waals surface area contributed by atoms with Crippen molar-refractivity contribution in [3.63, 3.8) is 0 Å². The molecule has 4 nitrogen and oxygen atoms in total. The lowest BCUT2D eigenvalue weighted by Crippen LogP contribution is -2.26. The topological polar surface area (TPSA) is 64.9 Å². The third kappa shape index (κ3) is 3.09. The predicted octanol–water partition coefficient (Wildman–Crippen LogP) is 3.20. The van der Waals surface area contributed by atoms with Gasteiger partial charge in [-0.05, 0) is 5.41 Å². The molecule has 0 saturated heterocycles. The van der Waals surface area contributed by atoms with Crippen molar-refractivity contribution in [1.29, 1.82) is 0 Å². The van der Waals surface area contributed by atoms with Gasteiger partial charge in [-0.3, -0.25) is 0 Å². The Morgan fingerprint density at radius 3 is 2.33 bits per heavy atom. The summed E-state index contributed by atoms with van der Waals surface area (Å²) >= 11 is 0. The van der Waals surface area contributed by atoms with Gasteiger partial charge >= 0.3 is 0 Å². The maximum atomic E-state index is 6.07. The van der Waals surface area contributed by atoms with Crippen LogP contribution in [-0.4, -0.2) is 10.1 Å². The van der Waals surface area contributed by atoms with Gasteiger partial charge in [0, 0.05) is 5.56 Å². The summed E-state index contributed by atoms with van der Waals surface area (Å²) in [6.07, 6.45) is 0. The van der Waals surface area contributed by atoms with Crippen molar-refractivity contribution in [3.8, 4) is 11.4 Å². The fourth-order valence-electron chi connectivity index (χ4n) is 1.44. The molecule has 0 aliphatic carbocycles. The van der Waals surface area contributed by atoms with Crippen molar-refractivity contribution in [1.82, 2.24) is 10.1 Å². The van der Waals surface area contributed by atoms with E-state index < -0.39 is 0 Å². The highest BCUT2D eigenvalue weighted by Gasteiger charge is 2.27. The molecule has 1 atom stereocenters. The Morgan fingerprint density at radius 2 is 1.78 bits per heavy atom. The maximum absolute atomic E-state index is 6.07. The molecule has 1 aromatic carbocycles. The van der Waals surface area contributed by atoms with Crippen molar-refractivity contribution in [3.05, 3.63) is 36.2 Å². The molecule has 2 N–H and O–H groups in total. The minimum absolute atomic E-state index is 0. The summed E-state index contributed by atoms with van der Waals surface area (Å²) in [6.45, 7) is 6.14. The molecule has 0 amide bonds. The molecule has 0 aliphatic heterocycles. The van der Waals surface area contributed by atoms with Gasteiger partial charge in [0.05, 0.1) is 6.04 Å². The first-order valence-electron chi connectivity index (χ1n) is 5.63. The Morgan fingerprint density at radius 1 is 1.17 bits per heavy atom. The van der Waals surface area contributed by atoms with Crippen LogP contribution in [-0.2, 0) is 0 Å². The SMILES string of the molecule is CC(C)(C)[C@H](N)c1nc(-c2ccccc2)no1.Cl. The van der Waals surface area contributed by atoms with E-state index in [4.69, 9.17) is 10.3 Å². The summed E-state index contributed by atoms with van der Waals surface area (Å²) in [4.78, 5) is 4.34. The van der Waals surface area contributed by atoms with E-state index in [0.717, 1.165) is 5.56 Å². The smallest absolute Gasteiger partial charge is 0.244 e. The molecule has 0 saturated carbocycles. The van der Waals surface area contributed by atoms with Crippen LogP contribution in [0.2, 0.25) is 0 Å². The van der Waals surface area contributed by atoms with E-state index in [-0.39, 0.29) is 23.9 Å². The van der Waals surface area contributed by atoms with Gasteiger partial charge in [-0.1, -0.05) is 56.3 Å². The van der Waals surface area contributed by atoms with Gasteiger partial charge in [0.1, 0.15) is 0 Å². The van der Waals surface area contributed by atoms with Crippen LogP contribution >= 0.6 is 12.4 Å². The largest absolute Gasteiger partial charge is 0.337 e. The molecule has 0 bridgehead atoms. The third-order valence-corrected chi connectivity index (χ3v) is 2.67. The van der Waals surface area contributed by atoms with Crippen LogP contribution in [0.1, 0.15) is 32.7 Å². The summed E-state index contributed by atoms with van der Waals surface area (Å²) < 4.78 is 5.22. The second kappa shape index (κ2) is 5.50. The van der Waals surface area contributed by atoms with Crippen LogP contribution in [0.5, 0.6) is 0 Å². The third-order valence-electron chi connectivity index (χ3n) is 2.67. The molecule has 5 heteroatoms. The van der Waals surface area contributed by atoms with E-state index in [1.165, 1.54) is 0 Å². The Labute approximate surface area is 113 Å². The van der Waals surface area contributed by atoms with Crippen LogP contribution in [0.15, 0.2) is 34.9 Å². The first kappa shape index (κ1) is 14.7. The second-order valence-electron chi connectivity index (χ2n) is 5.17. The summed E-state index contributed by atoms with van der Waals surface area (Å²) in [7, 11) is 0. The van der Waals surface area contributed by atoms with Gasteiger partial charge in [0.25, 0.3) is 0 Å². The van der Waals surface area contributed by atoms with Gasteiger partial charge in [-0.15, -0.1) is 12.4 Å². The fourth-order valence-corrected chi connectivity index (χ4v) is 1.44. The van der Waals surface area contributed by atoms with Gasteiger partial charge in [-0.25, -0.2) is 0 Å². The van der Waals surface area contributed by atoms with Gasteiger partial charge in [0.2, 0.25) is 11.7 Å². The summed E-state index contributed by atoms with van der Waals surface area (Å²) in [6, 6.07) is 9.46. The first-order chi connectivity index (χ1) is 7.98. The zero-order valence-corrected chi connectivity index (χ0v) is 11.6. The average Bonchev–Trinajstić information content (AvgIpc) is 2.77. The van der Waals surface area contributed by atoms with E-state index >= 15 is 0 Å². The molecule has 0 unspecified atom stereocenters. The van der Waals surface area contributed by atoms with Gasteiger partial charge in [0.15, 0.2) is 0 Å². The highest BCUT2D eigenvalue weighted by Crippen LogP contribution is 2.30. The summed E-state index contributed by atoms with van der Waals surface area (Å²) in [5, 5.41) is 3.95. The lowest BCUT2D eigenvalue weighted by Gasteiger charge is -2.23. The molecule has 18 heavy (non-hydrogen) atoms. The minimum Gasteiger partial charge on any atom is -0.337 e. The molecule has 0 fully saturated rings. The van der Waals surface area contributed by atoms with Crippen molar-refractivity contribution in [2.45, 2.75) is 26.8 Å². The Balaban J connectivity index is 0.00000162. The normalized spacial score (nSPS) is 12.9. The first-order valence-corrected chi connectivity index (χ1v) is 5.63. The van der Waals surface area contributed by atoms with E-state index in [9.17, 15) is 0 Å². The van der Waals surface area contributed by atoms with Crippen LogP contribution in [0, 0.1) is 5.41 Å². The Bertz CT molecular complexity index is 490. The lowest BCUT2D eigenvalue weighted by atomic mass is 9.87. The highest BCUT2D eigenvalue weighted by atomic mass is 35.5. The zero-order chi connectivity index (χ0) is 12.5. The lowest BCUT2D eigenvalue weighted by molar-refractivity contribution is 0.253. The van der Waals surface area contributed by atoms with E-state index in [1.54, 1.807) is 0 Å². The summed E-state index contributed by atoms with van der Waals surface area (Å²) in [5.41, 5.74) is 6.90. The van der Waals surface area contributed by atoms with Crippen molar-refractivity contribution >= 4 is 12.4 Å². The average molecular weight is 268 g/mol. The molecule has 1 aromatic heterocycles. The molecule has 2 rings (SSSR count). The molecule has 0 spiro atoms. The molecular weight excluding hydrogens is 250 g/mol. The van der Waals surface area contributed by atoms with Crippen molar-refractivity contribution < 1.29 is 4.52 Å². The predicted molar refractivity (Wildman–Crippen MR) is 73.4 cm³/mol. The monoisotopic (exact) mass is 267 g/mol. The number of nitrogens with two attached hydrogens (primary N) is 1. The molecule has 2 aromatic rings. The zero-order valence-electron chi connectivity index (χ0n) is 10.8. The van der Waals surface area contributed by atoms with Crippen molar-refractivity contribution in [2.24, 2.45) is 11.1 Å². The standard InChI is InChI=1S/C13H17N3O.ClH/c1-13(2,3)10(14)12-15-11(16-17-12)9-7-5-4-6-8-9;/h4-8,10H,14H2,1-3H3;1H/t10-;/m1./s1. The molecular formula is C13H18ClN3O. The molecule has 98 valence electrons. The van der Waals surface area contributed by atoms with Gasteiger partial charge < -0.3 is 10.3 Å². The fraction of sp³-hybridized carbons (Fsp3) is 0.385. The second-order valence-corrected chi connectivity index (χ2v) is 5.17. The van der Waals surface area contributed by atoms with Crippen molar-refractivity contribution in [2.75, 3.05) is 0 Å². The summed E-state index contributed by atoms with van der Waals surface area (Å²) in [5.74, 6) is 1.07. The Hall–Kier alpha value is -1.39. The number of aromatic nitrogens is 2. The van der Waals surface area contributed by atoms with Crippen LogP contribution in [0.3, 0.4) is 0 Å². The van der Waals surface area contributed by atoms with Crippen LogP contribution in [0.4, 0.5) is 0 Å². The highest BCUT2D eigenvalue weighted by molar-refractivity contribution is 5.85. The maximum Gasteiger partial charge on any atom is 0.244 e. The number of benzene rings is 1. The minimum atomic E-state index is -0.257. The molecule has 1 heterocycles. The van der Waals surface area contributed by atoms with Crippen LogP contribution in [0.25, 0.3) is 11.4 Å². The number of rotatable bonds is 2. The number of halogens is 1. The number of hydrogen-bond acceptors (Lipinski definition) is 4. The number of hydrogen-bond donors (Lipinski definition) is 1. The quantitative estimate of drug-likeness (QED) is 0.907.